The minimum Gasteiger partial charge on any atom is -0.432 e. The lowest BCUT2D eigenvalue weighted by molar-refractivity contribution is -0.190. The van der Waals surface area contributed by atoms with Crippen molar-refractivity contribution in [1.29, 1.82) is 0 Å². The Hall–Kier alpha value is -3.45. The average Bonchev–Trinajstić information content (AvgIpc) is 2.84. The van der Waals surface area contributed by atoms with Gasteiger partial charge in [0.1, 0.15) is 28.7 Å². The molecule has 0 saturated heterocycles. The molecular weight excluding hydrogens is 581 g/mol. The van der Waals surface area contributed by atoms with Crippen molar-refractivity contribution >= 4 is 0 Å². The van der Waals surface area contributed by atoms with E-state index in [-0.39, 0.29) is 36.6 Å². The number of hydrogen-bond acceptors (Lipinski definition) is 3. The molecule has 1 fully saturated rings. The Morgan fingerprint density at radius 2 is 1.32 bits per heavy atom. The number of benzene rings is 2. The minimum atomic E-state index is -4.97. The summed E-state index contributed by atoms with van der Waals surface area (Å²) in [5.74, 6) is -12.0. The van der Waals surface area contributed by atoms with E-state index in [2.05, 4.69) is 20.3 Å². The molecule has 0 aliphatic heterocycles. The van der Waals surface area contributed by atoms with Crippen molar-refractivity contribution in [2.45, 2.75) is 57.7 Å². The summed E-state index contributed by atoms with van der Waals surface area (Å²) in [5, 5.41) is 0. The first kappa shape index (κ1) is 32.1. The molecule has 2 aromatic rings. The highest BCUT2D eigenvalue weighted by atomic mass is 19.3. The molecule has 0 spiro atoms. The van der Waals surface area contributed by atoms with Crippen molar-refractivity contribution in [3.05, 3.63) is 77.3 Å². The van der Waals surface area contributed by atoms with Gasteiger partial charge in [0.15, 0.2) is 11.6 Å². The molecule has 1 aliphatic rings. The highest BCUT2D eigenvalue weighted by Gasteiger charge is 2.42. The maximum absolute atomic E-state index is 14.6. The zero-order valence-corrected chi connectivity index (χ0v) is 21.2. The van der Waals surface area contributed by atoms with Gasteiger partial charge in [0.25, 0.3) is 0 Å². The Bertz CT molecular complexity index is 1240. The summed E-state index contributed by atoms with van der Waals surface area (Å²) in [5.41, 5.74) is -2.11. The van der Waals surface area contributed by atoms with Crippen LogP contribution in [-0.4, -0.2) is 6.11 Å². The first-order chi connectivity index (χ1) is 19.1. The number of rotatable bonds is 11. The molecule has 3 nitrogen and oxygen atoms in total. The summed E-state index contributed by atoms with van der Waals surface area (Å²) in [6.07, 6.45) is -5.57. The highest BCUT2D eigenvalue weighted by molar-refractivity contribution is 5.37. The van der Waals surface area contributed by atoms with Crippen molar-refractivity contribution < 1.29 is 62.5 Å². The van der Waals surface area contributed by atoms with Gasteiger partial charge >= 0.3 is 24.3 Å². The number of allylic oxidation sites excluding steroid dienone is 2. The molecule has 0 bridgehead atoms. The maximum atomic E-state index is 14.6. The summed E-state index contributed by atoms with van der Waals surface area (Å²) in [6, 6.07) is -2.67. The third-order valence-electron chi connectivity index (χ3n) is 6.33. The number of alkyl halides is 4. The van der Waals surface area contributed by atoms with Crippen LogP contribution in [0, 0.1) is 35.1 Å². The van der Waals surface area contributed by atoms with Gasteiger partial charge in [-0.3, -0.25) is 0 Å². The van der Waals surface area contributed by atoms with Crippen LogP contribution in [0.3, 0.4) is 0 Å². The van der Waals surface area contributed by atoms with E-state index in [4.69, 9.17) is 0 Å². The molecule has 0 atom stereocenters. The van der Waals surface area contributed by atoms with Gasteiger partial charge in [0.05, 0.1) is 6.42 Å². The normalized spacial score (nSPS) is 18.0. The maximum Gasteiger partial charge on any atom is 0.432 e. The van der Waals surface area contributed by atoms with E-state index in [0.717, 1.165) is 12.8 Å². The predicted octanol–water partition coefficient (Wildman–Crippen LogP) is 9.92. The number of hydrogen-bond donors (Lipinski definition) is 0. The third-order valence-corrected chi connectivity index (χ3v) is 6.33. The van der Waals surface area contributed by atoms with Crippen molar-refractivity contribution in [3.63, 3.8) is 0 Å². The van der Waals surface area contributed by atoms with E-state index in [0.29, 0.717) is 18.8 Å². The van der Waals surface area contributed by atoms with Crippen LogP contribution in [0.1, 0.15) is 51.0 Å². The summed E-state index contributed by atoms with van der Waals surface area (Å²) in [4.78, 5) is 0. The molecule has 0 aromatic heterocycles. The lowest BCUT2D eigenvalue weighted by Crippen LogP contribution is -2.28. The molecule has 14 heteroatoms. The molecule has 0 amide bonds. The van der Waals surface area contributed by atoms with Gasteiger partial charge in [-0.25, -0.2) is 17.6 Å². The van der Waals surface area contributed by atoms with Gasteiger partial charge in [0, 0.05) is 24.3 Å². The van der Waals surface area contributed by atoms with Gasteiger partial charge < -0.3 is 14.2 Å². The van der Waals surface area contributed by atoms with Crippen LogP contribution in [-0.2, 0) is 6.11 Å². The van der Waals surface area contributed by atoms with Gasteiger partial charge in [-0.15, -0.1) is 0 Å². The topological polar surface area (TPSA) is 27.7 Å². The van der Waals surface area contributed by atoms with Crippen LogP contribution in [0.4, 0.5) is 48.3 Å². The van der Waals surface area contributed by atoms with Crippen molar-refractivity contribution in [2.75, 3.05) is 0 Å². The van der Waals surface area contributed by atoms with Gasteiger partial charge in [-0.1, -0.05) is 12.2 Å². The van der Waals surface area contributed by atoms with E-state index in [1.54, 1.807) is 0 Å². The first-order valence-electron chi connectivity index (χ1n) is 12.3. The second-order valence-electron chi connectivity index (χ2n) is 9.32. The van der Waals surface area contributed by atoms with E-state index in [1.807, 2.05) is 13.0 Å². The molecule has 1 aliphatic carbocycles. The molecule has 0 radical (unpaired) electrons. The average molecular weight is 604 g/mol. The first-order valence-corrected chi connectivity index (χ1v) is 12.3. The quantitative estimate of drug-likeness (QED) is 0.145. The molecule has 0 N–H and O–H groups in total. The fraction of sp³-hybridized carbons (Fsp3) is 0.407. The van der Waals surface area contributed by atoms with Gasteiger partial charge in [0.2, 0.25) is 5.75 Å². The molecule has 0 unspecified atom stereocenters. The van der Waals surface area contributed by atoms with E-state index < -0.39 is 76.8 Å². The summed E-state index contributed by atoms with van der Waals surface area (Å²) < 4.78 is 164. The largest absolute Gasteiger partial charge is 0.432 e. The number of halogens is 11. The van der Waals surface area contributed by atoms with Gasteiger partial charge in [-0.05, 0) is 50.9 Å². The molecule has 2 aromatic carbocycles. The van der Waals surface area contributed by atoms with Crippen LogP contribution in [0.25, 0.3) is 0 Å². The minimum absolute atomic E-state index is 0.00618. The summed E-state index contributed by atoms with van der Waals surface area (Å²) >= 11 is 0. The molecule has 41 heavy (non-hydrogen) atoms. The highest BCUT2D eigenvalue weighted by Crippen LogP contribution is 2.40. The Labute approximate surface area is 227 Å². The zero-order valence-electron chi connectivity index (χ0n) is 21.2. The standard InChI is InChI=1S/C27H23F11O3/c1-2-3-14-4-6-15(7-5-14)8-9-26(35,36)40-16-10-18(28)22(19(29)11-16)27(37,38)41-17-12-20(30)23(21(31)13-17)39-25(34)24(32)33/h2-3,10-15H,4-9H2,1H3/b3-2+. The van der Waals surface area contributed by atoms with Crippen molar-refractivity contribution in [1.82, 2.24) is 0 Å². The molecular formula is C27H23F11O3. The van der Waals surface area contributed by atoms with Crippen molar-refractivity contribution in [3.8, 4) is 17.2 Å². The second-order valence-corrected chi connectivity index (χ2v) is 9.32. The predicted molar refractivity (Wildman–Crippen MR) is 123 cm³/mol. The Balaban J connectivity index is 1.70. The fourth-order valence-electron chi connectivity index (χ4n) is 4.44. The van der Waals surface area contributed by atoms with E-state index >= 15 is 0 Å². The molecule has 3 rings (SSSR count). The van der Waals surface area contributed by atoms with Crippen LogP contribution < -0.4 is 14.2 Å². The molecule has 1 saturated carbocycles. The smallest absolute Gasteiger partial charge is 0.432 e. The zero-order chi connectivity index (χ0) is 30.5. The third kappa shape index (κ3) is 8.52. The van der Waals surface area contributed by atoms with E-state index in [9.17, 15) is 48.3 Å². The summed E-state index contributed by atoms with van der Waals surface area (Å²) in [6.45, 7) is 1.89. The Morgan fingerprint density at radius 1 is 0.805 bits per heavy atom. The molecule has 226 valence electrons. The van der Waals surface area contributed by atoms with Crippen LogP contribution in [0.2, 0.25) is 0 Å². The monoisotopic (exact) mass is 604 g/mol. The lowest BCUT2D eigenvalue weighted by atomic mass is 9.80. The Kier molecular flexibility index (Phi) is 10.2. The van der Waals surface area contributed by atoms with Crippen LogP contribution in [0.15, 0.2) is 48.5 Å². The Morgan fingerprint density at radius 3 is 1.83 bits per heavy atom. The van der Waals surface area contributed by atoms with E-state index in [1.165, 1.54) is 0 Å². The molecule has 0 heterocycles. The second kappa shape index (κ2) is 13.0. The van der Waals surface area contributed by atoms with Crippen LogP contribution >= 0.6 is 0 Å². The fourth-order valence-corrected chi connectivity index (χ4v) is 4.44. The number of ether oxygens (including phenoxy) is 3. The lowest BCUT2D eigenvalue weighted by Gasteiger charge is -2.28. The SMILES string of the molecule is C/C=C/C1CCC(CCC(F)(F)Oc2cc(F)c(C(F)(F)Oc3cc(F)c(OC(F)=C(F)F)c(F)c3)c(F)c2)CC1. The van der Waals surface area contributed by atoms with Gasteiger partial charge in [-0.2, -0.15) is 30.7 Å². The van der Waals surface area contributed by atoms with Crippen molar-refractivity contribution in [2.24, 2.45) is 11.8 Å². The van der Waals surface area contributed by atoms with Crippen LogP contribution in [0.5, 0.6) is 17.2 Å². The summed E-state index contributed by atoms with van der Waals surface area (Å²) in [7, 11) is 0.